The highest BCUT2D eigenvalue weighted by Crippen LogP contribution is 2.29. The summed E-state index contributed by atoms with van der Waals surface area (Å²) in [6.07, 6.45) is 1.07. The zero-order valence-electron chi connectivity index (χ0n) is 16.0. The fourth-order valence-electron chi connectivity index (χ4n) is 2.72. The van der Waals surface area contributed by atoms with Gasteiger partial charge in [-0.3, -0.25) is 9.52 Å². The first-order chi connectivity index (χ1) is 12.7. The van der Waals surface area contributed by atoms with E-state index < -0.39 is 10.0 Å². The lowest BCUT2D eigenvalue weighted by Gasteiger charge is -2.19. The zero-order valence-corrected chi connectivity index (χ0v) is 16.8. The Bertz CT molecular complexity index is 941. The minimum atomic E-state index is -3.44. The van der Waals surface area contributed by atoms with E-state index in [-0.39, 0.29) is 11.9 Å². The fourth-order valence-corrected chi connectivity index (χ4v) is 3.34. The number of hydrogen-bond acceptors (Lipinski definition) is 5. The van der Waals surface area contributed by atoms with Gasteiger partial charge < -0.3 is 14.8 Å². The summed E-state index contributed by atoms with van der Waals surface area (Å²) in [6.45, 7) is 3.53. The second-order valence-corrected chi connectivity index (χ2v) is 7.90. The van der Waals surface area contributed by atoms with Crippen LogP contribution in [0.4, 0.5) is 5.69 Å². The van der Waals surface area contributed by atoms with Crippen LogP contribution < -0.4 is 19.5 Å². The standard InChI is InChI=1S/C19H24N2O5S/c1-12-15(7-6-8-17(12)21-27(5,23)24)19(22)20-13(2)16-11-14(25-3)9-10-18(16)26-4/h6-11,13,21H,1-5H3,(H,20,22)/t13-/m0/s1. The molecule has 27 heavy (non-hydrogen) atoms. The SMILES string of the molecule is COc1ccc(OC)c([C@H](C)NC(=O)c2cccc(NS(C)(=O)=O)c2C)c1. The minimum Gasteiger partial charge on any atom is -0.497 e. The van der Waals surface area contributed by atoms with Crippen molar-refractivity contribution < 1.29 is 22.7 Å². The highest BCUT2D eigenvalue weighted by atomic mass is 32.2. The number of benzene rings is 2. The molecule has 0 heterocycles. The van der Waals surface area contributed by atoms with Gasteiger partial charge in [0.05, 0.1) is 32.2 Å². The Hall–Kier alpha value is -2.74. The first kappa shape index (κ1) is 20.6. The van der Waals surface area contributed by atoms with Crippen LogP contribution in [-0.2, 0) is 10.0 Å². The summed E-state index contributed by atoms with van der Waals surface area (Å²) in [6, 6.07) is 9.90. The van der Waals surface area contributed by atoms with E-state index in [2.05, 4.69) is 10.0 Å². The molecule has 0 saturated heterocycles. The first-order valence-electron chi connectivity index (χ1n) is 8.26. The molecule has 2 N–H and O–H groups in total. The number of rotatable bonds is 7. The van der Waals surface area contributed by atoms with Crippen LogP contribution in [0.5, 0.6) is 11.5 Å². The van der Waals surface area contributed by atoms with Gasteiger partial charge in [-0.2, -0.15) is 0 Å². The van der Waals surface area contributed by atoms with Crippen LogP contribution in [0.25, 0.3) is 0 Å². The molecule has 0 fully saturated rings. The molecule has 0 bridgehead atoms. The van der Waals surface area contributed by atoms with Crippen LogP contribution in [0, 0.1) is 6.92 Å². The van der Waals surface area contributed by atoms with Crippen LogP contribution in [0.15, 0.2) is 36.4 Å². The zero-order chi connectivity index (χ0) is 20.2. The average molecular weight is 392 g/mol. The molecule has 0 saturated carbocycles. The van der Waals surface area contributed by atoms with Crippen molar-refractivity contribution in [3.63, 3.8) is 0 Å². The van der Waals surface area contributed by atoms with Crippen LogP contribution in [0.3, 0.4) is 0 Å². The van der Waals surface area contributed by atoms with E-state index in [1.165, 1.54) is 0 Å². The average Bonchev–Trinajstić information content (AvgIpc) is 2.61. The Morgan fingerprint density at radius 2 is 1.81 bits per heavy atom. The monoisotopic (exact) mass is 392 g/mol. The third-order valence-electron chi connectivity index (χ3n) is 4.12. The van der Waals surface area contributed by atoms with Crippen molar-refractivity contribution in [2.45, 2.75) is 19.9 Å². The largest absolute Gasteiger partial charge is 0.497 e. The Kier molecular flexibility index (Phi) is 6.32. The lowest BCUT2D eigenvalue weighted by atomic mass is 10.0. The molecule has 0 aliphatic carbocycles. The summed E-state index contributed by atoms with van der Waals surface area (Å²) in [5.41, 5.74) is 2.08. The molecule has 146 valence electrons. The van der Waals surface area contributed by atoms with Gasteiger partial charge in [0.15, 0.2) is 0 Å². The van der Waals surface area contributed by atoms with Crippen molar-refractivity contribution in [2.75, 3.05) is 25.2 Å². The van der Waals surface area contributed by atoms with E-state index in [0.29, 0.717) is 28.3 Å². The van der Waals surface area contributed by atoms with Gasteiger partial charge in [0.2, 0.25) is 10.0 Å². The molecular formula is C19H24N2O5S. The molecule has 2 aromatic rings. The van der Waals surface area contributed by atoms with Crippen LogP contribution >= 0.6 is 0 Å². The third-order valence-corrected chi connectivity index (χ3v) is 4.72. The van der Waals surface area contributed by atoms with Crippen molar-refractivity contribution in [1.29, 1.82) is 0 Å². The molecule has 1 amide bonds. The van der Waals surface area contributed by atoms with Crippen molar-refractivity contribution in [2.24, 2.45) is 0 Å². The second-order valence-electron chi connectivity index (χ2n) is 6.16. The summed E-state index contributed by atoms with van der Waals surface area (Å²) in [5.74, 6) is 0.970. The smallest absolute Gasteiger partial charge is 0.252 e. The first-order valence-corrected chi connectivity index (χ1v) is 10.2. The topological polar surface area (TPSA) is 93.7 Å². The Balaban J connectivity index is 2.29. The second kappa shape index (κ2) is 8.30. The quantitative estimate of drug-likeness (QED) is 0.756. The van der Waals surface area contributed by atoms with Crippen LogP contribution in [0.2, 0.25) is 0 Å². The van der Waals surface area contributed by atoms with Gasteiger partial charge in [0.1, 0.15) is 11.5 Å². The van der Waals surface area contributed by atoms with Crippen LogP contribution in [-0.4, -0.2) is 34.8 Å². The highest BCUT2D eigenvalue weighted by molar-refractivity contribution is 7.92. The molecule has 8 heteroatoms. The maximum atomic E-state index is 12.8. The summed E-state index contributed by atoms with van der Waals surface area (Å²) in [5, 5.41) is 2.92. The summed E-state index contributed by atoms with van der Waals surface area (Å²) in [7, 11) is -0.309. The van der Waals surface area contributed by atoms with Crippen molar-refractivity contribution in [1.82, 2.24) is 5.32 Å². The number of amides is 1. The molecule has 0 spiro atoms. The van der Waals surface area contributed by atoms with Gasteiger partial charge in [-0.1, -0.05) is 6.07 Å². The number of anilines is 1. The predicted octanol–water partition coefficient (Wildman–Crippen LogP) is 2.87. The number of carbonyl (C=O) groups excluding carboxylic acids is 1. The summed E-state index contributed by atoms with van der Waals surface area (Å²) >= 11 is 0. The number of sulfonamides is 1. The molecule has 2 aromatic carbocycles. The van der Waals surface area contributed by atoms with Crippen molar-refractivity contribution in [3.8, 4) is 11.5 Å². The Morgan fingerprint density at radius 3 is 2.41 bits per heavy atom. The number of ether oxygens (including phenoxy) is 2. The molecule has 0 unspecified atom stereocenters. The van der Waals surface area contributed by atoms with Gasteiger partial charge in [0, 0.05) is 11.1 Å². The Morgan fingerprint density at radius 1 is 1.11 bits per heavy atom. The van der Waals surface area contributed by atoms with Gasteiger partial charge >= 0.3 is 0 Å². The summed E-state index contributed by atoms with van der Waals surface area (Å²) < 4.78 is 36.0. The van der Waals surface area contributed by atoms with Crippen molar-refractivity contribution in [3.05, 3.63) is 53.1 Å². The maximum absolute atomic E-state index is 12.8. The van der Waals surface area contributed by atoms with Crippen molar-refractivity contribution >= 4 is 21.6 Å². The molecule has 2 rings (SSSR count). The lowest BCUT2D eigenvalue weighted by Crippen LogP contribution is -2.28. The van der Waals surface area contributed by atoms with E-state index in [1.54, 1.807) is 57.5 Å². The van der Waals surface area contributed by atoms with Gasteiger partial charge in [-0.25, -0.2) is 8.42 Å². The Labute approximate surface area is 159 Å². The molecular weight excluding hydrogens is 368 g/mol. The predicted molar refractivity (Wildman–Crippen MR) is 105 cm³/mol. The van der Waals surface area contributed by atoms with Gasteiger partial charge in [-0.05, 0) is 49.7 Å². The molecule has 7 nitrogen and oxygen atoms in total. The van der Waals surface area contributed by atoms with Crippen LogP contribution in [0.1, 0.15) is 34.5 Å². The van der Waals surface area contributed by atoms with E-state index >= 15 is 0 Å². The minimum absolute atomic E-state index is 0.318. The van der Waals surface area contributed by atoms with E-state index in [1.807, 2.05) is 6.92 Å². The molecule has 0 radical (unpaired) electrons. The number of nitrogens with one attached hydrogen (secondary N) is 2. The number of carbonyl (C=O) groups is 1. The lowest BCUT2D eigenvalue weighted by molar-refractivity contribution is 0.0939. The normalized spacial score (nSPS) is 12.2. The third kappa shape index (κ3) is 5.13. The molecule has 0 aliphatic rings. The number of hydrogen-bond donors (Lipinski definition) is 2. The molecule has 1 atom stereocenters. The van der Waals surface area contributed by atoms with E-state index in [9.17, 15) is 13.2 Å². The fraction of sp³-hybridized carbons (Fsp3) is 0.316. The number of methoxy groups -OCH3 is 2. The summed E-state index contributed by atoms with van der Waals surface area (Å²) in [4.78, 5) is 12.8. The molecule has 0 aromatic heterocycles. The van der Waals surface area contributed by atoms with Gasteiger partial charge in [-0.15, -0.1) is 0 Å². The van der Waals surface area contributed by atoms with Gasteiger partial charge in [0.25, 0.3) is 5.91 Å². The van der Waals surface area contributed by atoms with E-state index in [0.717, 1.165) is 11.8 Å². The maximum Gasteiger partial charge on any atom is 0.252 e. The highest BCUT2D eigenvalue weighted by Gasteiger charge is 2.19. The molecule has 0 aliphatic heterocycles. The van der Waals surface area contributed by atoms with E-state index in [4.69, 9.17) is 9.47 Å².